The normalized spacial score (nSPS) is 12.2. The minimum Gasteiger partial charge on any atom is -0.497 e. The number of aliphatic carboxylic acids is 1. The fourth-order valence-electron chi connectivity index (χ4n) is 4.55. The first kappa shape index (κ1) is 33.3. The minimum atomic E-state index is -4.08. The predicted molar refractivity (Wildman–Crippen MR) is 165 cm³/mol. The van der Waals surface area contributed by atoms with Crippen molar-refractivity contribution in [1.82, 2.24) is 19.5 Å². The molecule has 0 saturated carbocycles. The van der Waals surface area contributed by atoms with Crippen molar-refractivity contribution in [2.24, 2.45) is 5.92 Å². The van der Waals surface area contributed by atoms with Crippen molar-refractivity contribution >= 4 is 27.7 Å². The van der Waals surface area contributed by atoms with Gasteiger partial charge in [0.25, 0.3) is 0 Å². The number of nitrogen functional groups attached to an aromatic ring is 1. The number of anilines is 1. The summed E-state index contributed by atoms with van der Waals surface area (Å²) in [5.74, 6) is -0.588. The number of ether oxygens (including phenoxy) is 1. The number of hydrogen-bond donors (Lipinski definition) is 3. The molecule has 0 spiro atoms. The molecule has 0 bridgehead atoms. The van der Waals surface area contributed by atoms with Crippen molar-refractivity contribution in [2.75, 3.05) is 25.9 Å². The maximum absolute atomic E-state index is 13.5. The predicted octanol–water partition coefficient (Wildman–Crippen LogP) is 4.35. The number of methoxy groups -OCH3 is 1. The van der Waals surface area contributed by atoms with E-state index in [2.05, 4.69) is 10.3 Å². The van der Waals surface area contributed by atoms with E-state index in [1.165, 1.54) is 24.3 Å². The van der Waals surface area contributed by atoms with Gasteiger partial charge in [0, 0.05) is 44.3 Å². The van der Waals surface area contributed by atoms with Gasteiger partial charge in [-0.15, -0.1) is 0 Å². The number of urea groups is 1. The van der Waals surface area contributed by atoms with Gasteiger partial charge in [0.1, 0.15) is 11.8 Å². The van der Waals surface area contributed by atoms with E-state index in [1.807, 2.05) is 50.2 Å². The second-order valence-corrected chi connectivity index (χ2v) is 12.6. The summed E-state index contributed by atoms with van der Waals surface area (Å²) in [5, 5.41) is 13.0. The van der Waals surface area contributed by atoms with Crippen LogP contribution in [0.5, 0.6) is 5.75 Å². The molecule has 2 amide bonds. The summed E-state index contributed by atoms with van der Waals surface area (Å²) in [7, 11) is -2.49. The van der Waals surface area contributed by atoms with E-state index >= 15 is 0 Å². The zero-order valence-electron chi connectivity index (χ0n) is 24.8. The summed E-state index contributed by atoms with van der Waals surface area (Å²) >= 11 is 0. The Hall–Kier alpha value is -4.16. The van der Waals surface area contributed by atoms with Crippen LogP contribution in [0, 0.1) is 5.92 Å². The Labute approximate surface area is 253 Å². The zero-order chi connectivity index (χ0) is 31.4. The molecule has 232 valence electrons. The second kappa shape index (κ2) is 15.9. The lowest BCUT2D eigenvalue weighted by Crippen LogP contribution is -2.46. The average molecular weight is 612 g/mol. The fourth-order valence-corrected chi connectivity index (χ4v) is 6.32. The van der Waals surface area contributed by atoms with Crippen molar-refractivity contribution in [3.63, 3.8) is 0 Å². The molecular formula is C31H41N5O6S. The first-order chi connectivity index (χ1) is 20.5. The lowest BCUT2D eigenvalue weighted by Gasteiger charge is -2.29. The van der Waals surface area contributed by atoms with Crippen LogP contribution in [0.3, 0.4) is 0 Å². The molecule has 3 rings (SSSR count). The molecule has 0 aliphatic carbocycles. The molecule has 2 aromatic carbocycles. The van der Waals surface area contributed by atoms with Gasteiger partial charge >= 0.3 is 12.0 Å². The first-order valence-electron chi connectivity index (χ1n) is 14.2. The zero-order valence-corrected chi connectivity index (χ0v) is 25.7. The van der Waals surface area contributed by atoms with Gasteiger partial charge in [-0.1, -0.05) is 26.0 Å². The number of rotatable bonds is 16. The molecule has 43 heavy (non-hydrogen) atoms. The van der Waals surface area contributed by atoms with Crippen LogP contribution < -0.4 is 15.8 Å². The lowest BCUT2D eigenvalue weighted by atomic mass is 10.1. The average Bonchev–Trinajstić information content (AvgIpc) is 2.98. The molecule has 1 atom stereocenters. The molecule has 0 radical (unpaired) electrons. The van der Waals surface area contributed by atoms with Gasteiger partial charge in [0.15, 0.2) is 0 Å². The molecule has 0 aliphatic rings. The number of unbranched alkanes of at least 4 members (excludes halogenated alkanes) is 1. The largest absolute Gasteiger partial charge is 0.497 e. The molecular weight excluding hydrogens is 570 g/mol. The molecule has 4 N–H and O–H groups in total. The van der Waals surface area contributed by atoms with Crippen molar-refractivity contribution < 1.29 is 27.9 Å². The number of carboxylic acids is 1. The number of amides is 2. The molecule has 0 aliphatic heterocycles. The van der Waals surface area contributed by atoms with Gasteiger partial charge in [0.05, 0.1) is 12.0 Å². The van der Waals surface area contributed by atoms with Crippen LogP contribution in [0.15, 0.2) is 78.0 Å². The summed E-state index contributed by atoms with van der Waals surface area (Å²) < 4.78 is 33.2. The Morgan fingerprint density at radius 2 is 1.56 bits per heavy atom. The molecule has 12 heteroatoms. The van der Waals surface area contributed by atoms with Gasteiger partial charge in [-0.2, -0.15) is 4.31 Å². The van der Waals surface area contributed by atoms with Crippen LogP contribution in [0.4, 0.5) is 10.5 Å². The van der Waals surface area contributed by atoms with E-state index in [0.29, 0.717) is 38.2 Å². The molecule has 0 unspecified atom stereocenters. The van der Waals surface area contributed by atoms with Gasteiger partial charge in [0.2, 0.25) is 10.0 Å². The number of hydrogen-bond acceptors (Lipinski definition) is 7. The molecule has 1 aromatic heterocycles. The number of sulfonamides is 1. The van der Waals surface area contributed by atoms with E-state index in [9.17, 15) is 23.1 Å². The maximum atomic E-state index is 13.5. The highest BCUT2D eigenvalue weighted by atomic mass is 32.2. The van der Waals surface area contributed by atoms with Crippen LogP contribution in [-0.4, -0.2) is 66.0 Å². The van der Waals surface area contributed by atoms with Gasteiger partial charge < -0.3 is 25.8 Å². The number of nitrogens with one attached hydrogen (secondary N) is 1. The third kappa shape index (κ3) is 9.97. The van der Waals surface area contributed by atoms with Crippen LogP contribution in [0.2, 0.25) is 0 Å². The Morgan fingerprint density at radius 3 is 2.12 bits per heavy atom. The van der Waals surface area contributed by atoms with Crippen LogP contribution in [-0.2, 0) is 27.9 Å². The van der Waals surface area contributed by atoms with E-state index in [1.54, 1.807) is 24.4 Å². The number of carbonyl (C=O) groups is 2. The van der Waals surface area contributed by atoms with Crippen molar-refractivity contribution in [1.29, 1.82) is 0 Å². The smallest absolute Gasteiger partial charge is 0.322 e. The SMILES string of the molecule is COc1ccc(CN(Cc2ccncc2)C(=O)NCCCC[C@@H](C(=O)O)N(CC(C)C)S(=O)(=O)c2ccc(N)cc2)cc1. The number of aromatic nitrogens is 1. The second-order valence-electron chi connectivity index (χ2n) is 10.7. The minimum absolute atomic E-state index is 0.00740. The Kier molecular flexibility index (Phi) is 12.3. The summed E-state index contributed by atoms with van der Waals surface area (Å²) in [6.07, 6.45) is 4.31. The molecule has 3 aromatic rings. The summed E-state index contributed by atoms with van der Waals surface area (Å²) in [6, 6.07) is 15.4. The third-order valence-electron chi connectivity index (χ3n) is 6.79. The quantitative estimate of drug-likeness (QED) is 0.159. The lowest BCUT2D eigenvalue weighted by molar-refractivity contribution is -0.141. The van der Waals surface area contributed by atoms with Crippen LogP contribution in [0.1, 0.15) is 44.2 Å². The number of carboxylic acid groups (broad SMARTS) is 1. The van der Waals surface area contributed by atoms with Crippen molar-refractivity contribution in [3.05, 3.63) is 84.2 Å². The standard InChI is InChI=1S/C31H41N5O6S/c1-23(2)20-36(43(40,41)28-13-9-26(32)10-14-28)29(30(37)38)6-4-5-17-34-31(39)35(22-25-15-18-33-19-16-25)21-24-7-11-27(42-3)12-8-24/h7-16,18-19,23,29H,4-6,17,20-22,32H2,1-3H3,(H,34,39)(H,37,38)/t29-/m0/s1. The summed E-state index contributed by atoms with van der Waals surface area (Å²) in [5.41, 5.74) is 7.98. The monoisotopic (exact) mass is 611 g/mol. The number of benzene rings is 2. The number of pyridine rings is 1. The van der Waals surface area contributed by atoms with E-state index in [0.717, 1.165) is 21.2 Å². The van der Waals surface area contributed by atoms with Crippen LogP contribution >= 0.6 is 0 Å². The van der Waals surface area contributed by atoms with Crippen molar-refractivity contribution in [3.8, 4) is 5.75 Å². The summed E-state index contributed by atoms with van der Waals surface area (Å²) in [4.78, 5) is 31.2. The fraction of sp³-hybridized carbons (Fsp3) is 0.387. The van der Waals surface area contributed by atoms with Gasteiger partial charge in [-0.3, -0.25) is 9.78 Å². The van der Waals surface area contributed by atoms with Crippen molar-refractivity contribution in [2.45, 2.75) is 57.1 Å². The number of nitrogens with two attached hydrogens (primary N) is 1. The highest BCUT2D eigenvalue weighted by Crippen LogP contribution is 2.24. The Balaban J connectivity index is 1.63. The Morgan fingerprint density at radius 1 is 0.953 bits per heavy atom. The highest BCUT2D eigenvalue weighted by molar-refractivity contribution is 7.89. The van der Waals surface area contributed by atoms with E-state index < -0.39 is 22.0 Å². The molecule has 11 nitrogen and oxygen atoms in total. The third-order valence-corrected chi connectivity index (χ3v) is 8.68. The van der Waals surface area contributed by atoms with Gasteiger partial charge in [-0.05, 0) is 84.8 Å². The molecule has 0 saturated heterocycles. The van der Waals surface area contributed by atoms with E-state index in [-0.39, 0.29) is 29.8 Å². The van der Waals surface area contributed by atoms with Crippen LogP contribution in [0.25, 0.3) is 0 Å². The summed E-state index contributed by atoms with van der Waals surface area (Å²) in [6.45, 7) is 4.76. The molecule has 0 fully saturated rings. The first-order valence-corrected chi connectivity index (χ1v) is 15.6. The number of nitrogens with zero attached hydrogens (tertiary/aromatic N) is 3. The Bertz CT molecular complexity index is 1420. The van der Waals surface area contributed by atoms with E-state index in [4.69, 9.17) is 10.5 Å². The number of carbonyl (C=O) groups excluding carboxylic acids is 1. The molecule has 1 heterocycles. The maximum Gasteiger partial charge on any atom is 0.322 e. The van der Waals surface area contributed by atoms with Gasteiger partial charge in [-0.25, -0.2) is 13.2 Å². The highest BCUT2D eigenvalue weighted by Gasteiger charge is 2.36. The topological polar surface area (TPSA) is 155 Å².